The summed E-state index contributed by atoms with van der Waals surface area (Å²) in [5.74, 6) is 0.0581. The second-order valence-electron chi connectivity index (χ2n) is 18.9. The molecule has 4 aromatic carbocycles. The SMILES string of the molecule is CCC[C@H]1C[C@@H](OC(C)=O)O[C@@H]1CO[Si](c1ccccc1)(c1ccccc1)C(C)(C)C.CCC[C@H]1C[C@H](OC(C)=O)O[C@@H]1CO[Si](c1ccccc1)(c1ccccc1)C(C)(C)C. The Balaban J connectivity index is 0.000000234. The van der Waals surface area contributed by atoms with Gasteiger partial charge in [0.05, 0.1) is 25.4 Å². The third kappa shape index (κ3) is 11.8. The minimum atomic E-state index is -2.61. The van der Waals surface area contributed by atoms with Gasteiger partial charge in [-0.05, 0) is 55.5 Å². The van der Waals surface area contributed by atoms with Crippen LogP contribution in [0.4, 0.5) is 0 Å². The molecule has 10 heteroatoms. The molecule has 0 aromatic heterocycles. The first-order chi connectivity index (χ1) is 29.6. The van der Waals surface area contributed by atoms with E-state index in [0.717, 1.165) is 38.5 Å². The van der Waals surface area contributed by atoms with Gasteiger partial charge < -0.3 is 27.8 Å². The van der Waals surface area contributed by atoms with Crippen LogP contribution in [0.5, 0.6) is 0 Å². The summed E-state index contributed by atoms with van der Waals surface area (Å²) in [7, 11) is -5.22. The second-order valence-corrected chi connectivity index (χ2v) is 27.6. The quantitative estimate of drug-likeness (QED) is 0.0814. The average Bonchev–Trinajstić information content (AvgIpc) is 3.80. The van der Waals surface area contributed by atoms with Crippen molar-refractivity contribution in [2.24, 2.45) is 11.8 Å². The molecule has 2 aliphatic rings. The van der Waals surface area contributed by atoms with Gasteiger partial charge in [0, 0.05) is 26.7 Å². The van der Waals surface area contributed by atoms with Crippen LogP contribution >= 0.6 is 0 Å². The van der Waals surface area contributed by atoms with Crippen molar-refractivity contribution in [3.63, 3.8) is 0 Å². The van der Waals surface area contributed by atoms with Crippen LogP contribution < -0.4 is 20.7 Å². The smallest absolute Gasteiger partial charge is 0.304 e. The molecule has 8 nitrogen and oxygen atoms in total. The molecule has 0 aliphatic carbocycles. The number of hydrogen-bond donors (Lipinski definition) is 0. The molecule has 2 aliphatic heterocycles. The molecule has 0 unspecified atom stereocenters. The molecule has 0 spiro atoms. The van der Waals surface area contributed by atoms with E-state index in [2.05, 4.69) is 177 Å². The molecule has 0 saturated carbocycles. The van der Waals surface area contributed by atoms with Crippen LogP contribution in [0.1, 0.15) is 108 Å². The van der Waals surface area contributed by atoms with E-state index in [1.54, 1.807) is 0 Å². The van der Waals surface area contributed by atoms with E-state index in [1.165, 1.54) is 34.6 Å². The Morgan fingerprint density at radius 1 is 0.516 bits per heavy atom. The zero-order valence-corrected chi connectivity index (χ0v) is 40.9. The highest BCUT2D eigenvalue weighted by atomic mass is 28.4. The lowest BCUT2D eigenvalue weighted by atomic mass is 9.96. The minimum absolute atomic E-state index is 0.0778. The van der Waals surface area contributed by atoms with Crippen molar-refractivity contribution in [3.05, 3.63) is 121 Å². The van der Waals surface area contributed by atoms with Crippen molar-refractivity contribution >= 4 is 49.3 Å². The summed E-state index contributed by atoms with van der Waals surface area (Å²) in [5.41, 5.74) is 0. The Hall–Kier alpha value is -3.91. The van der Waals surface area contributed by atoms with Crippen molar-refractivity contribution in [3.8, 4) is 0 Å². The molecule has 0 bridgehead atoms. The van der Waals surface area contributed by atoms with E-state index < -0.39 is 29.2 Å². The highest BCUT2D eigenvalue weighted by Gasteiger charge is 2.53. The number of benzene rings is 4. The molecule has 2 fully saturated rings. The van der Waals surface area contributed by atoms with Crippen LogP contribution in [-0.2, 0) is 37.4 Å². The van der Waals surface area contributed by atoms with Crippen molar-refractivity contribution in [2.75, 3.05) is 13.2 Å². The summed E-state index contributed by atoms with van der Waals surface area (Å²) in [4.78, 5) is 22.9. The zero-order chi connectivity index (χ0) is 45.0. The van der Waals surface area contributed by atoms with Gasteiger partial charge in [-0.25, -0.2) is 0 Å². The summed E-state index contributed by atoms with van der Waals surface area (Å²) in [5, 5.41) is 4.88. The third-order valence-electron chi connectivity index (χ3n) is 12.4. The number of hydrogen-bond acceptors (Lipinski definition) is 8. The van der Waals surface area contributed by atoms with E-state index in [-0.39, 0.29) is 34.2 Å². The Bertz CT molecular complexity index is 1730. The summed E-state index contributed by atoms with van der Waals surface area (Å²) >= 11 is 0. The summed E-state index contributed by atoms with van der Waals surface area (Å²) in [6, 6.07) is 42.6. The lowest BCUT2D eigenvalue weighted by molar-refractivity contribution is -0.175. The maximum atomic E-state index is 11.5. The van der Waals surface area contributed by atoms with Gasteiger partial charge in [0.25, 0.3) is 16.6 Å². The molecule has 0 amide bonds. The Morgan fingerprint density at radius 2 is 0.790 bits per heavy atom. The third-order valence-corrected chi connectivity index (χ3v) is 22.4. The van der Waals surface area contributed by atoms with Gasteiger partial charge in [0.1, 0.15) is 0 Å². The molecule has 336 valence electrons. The van der Waals surface area contributed by atoms with Gasteiger partial charge in [0.15, 0.2) is 0 Å². The highest BCUT2D eigenvalue weighted by Crippen LogP contribution is 2.40. The molecule has 2 saturated heterocycles. The average molecular weight is 881 g/mol. The van der Waals surface area contributed by atoms with E-state index in [1.807, 2.05) is 0 Å². The van der Waals surface area contributed by atoms with E-state index in [9.17, 15) is 9.59 Å². The van der Waals surface area contributed by atoms with Gasteiger partial charge >= 0.3 is 11.9 Å². The van der Waals surface area contributed by atoms with Crippen LogP contribution in [0, 0.1) is 11.8 Å². The Labute approximate surface area is 374 Å². The van der Waals surface area contributed by atoms with Crippen LogP contribution in [0.15, 0.2) is 121 Å². The van der Waals surface area contributed by atoms with Crippen LogP contribution in [-0.4, -0.2) is 66.6 Å². The van der Waals surface area contributed by atoms with Crippen LogP contribution in [0.3, 0.4) is 0 Å². The predicted molar refractivity (Wildman–Crippen MR) is 254 cm³/mol. The monoisotopic (exact) mass is 880 g/mol. The lowest BCUT2D eigenvalue weighted by Gasteiger charge is -2.43. The van der Waals surface area contributed by atoms with Crippen molar-refractivity contribution in [2.45, 2.75) is 143 Å². The van der Waals surface area contributed by atoms with Crippen molar-refractivity contribution in [1.82, 2.24) is 0 Å². The van der Waals surface area contributed by atoms with E-state index in [0.29, 0.717) is 25.0 Å². The predicted octanol–water partition coefficient (Wildman–Crippen LogP) is 9.31. The van der Waals surface area contributed by atoms with Crippen molar-refractivity contribution < 1.29 is 37.4 Å². The molecule has 4 aromatic rings. The maximum Gasteiger partial charge on any atom is 0.304 e. The number of esters is 2. The van der Waals surface area contributed by atoms with Gasteiger partial charge in [-0.2, -0.15) is 0 Å². The highest BCUT2D eigenvalue weighted by molar-refractivity contribution is 7.00. The minimum Gasteiger partial charge on any atom is -0.436 e. The topological polar surface area (TPSA) is 89.5 Å². The van der Waals surface area contributed by atoms with Crippen LogP contribution in [0.2, 0.25) is 10.1 Å². The maximum absolute atomic E-state index is 11.5. The van der Waals surface area contributed by atoms with E-state index >= 15 is 0 Å². The molecular weight excluding hydrogens is 809 g/mol. The number of rotatable bonds is 16. The first kappa shape index (κ1) is 49.1. The zero-order valence-electron chi connectivity index (χ0n) is 38.9. The van der Waals surface area contributed by atoms with Gasteiger partial charge in [-0.3, -0.25) is 9.59 Å². The summed E-state index contributed by atoms with van der Waals surface area (Å²) < 4.78 is 37.2. The number of ether oxygens (including phenoxy) is 4. The first-order valence-corrected chi connectivity index (χ1v) is 26.5. The van der Waals surface area contributed by atoms with Crippen molar-refractivity contribution in [1.29, 1.82) is 0 Å². The lowest BCUT2D eigenvalue weighted by Crippen LogP contribution is -2.67. The Morgan fingerprint density at radius 3 is 1.02 bits per heavy atom. The fourth-order valence-corrected chi connectivity index (χ4v) is 18.8. The molecule has 62 heavy (non-hydrogen) atoms. The molecular formula is C52H72O8Si2. The molecule has 6 rings (SSSR count). The second kappa shape index (κ2) is 22.1. The first-order valence-electron chi connectivity index (χ1n) is 22.7. The molecule has 6 atom stereocenters. The molecule has 2 heterocycles. The Kier molecular flexibility index (Phi) is 17.5. The number of carbonyl (C=O) groups excluding carboxylic acids is 2. The number of carbonyl (C=O) groups is 2. The van der Waals surface area contributed by atoms with E-state index in [4.69, 9.17) is 27.8 Å². The van der Waals surface area contributed by atoms with Crippen LogP contribution in [0.25, 0.3) is 0 Å². The van der Waals surface area contributed by atoms with Gasteiger partial charge in [0.2, 0.25) is 12.6 Å². The standard InChI is InChI=1S/2C26H36O4Si/c2*1-6-13-21-18-25(29-20(2)27)30-24(21)19-28-31(26(3,4)5,22-14-9-7-10-15-22)23-16-11-8-12-17-23/h2*7-12,14-17,21,24-25H,6,13,18-19H2,1-5H3/t21-,24+,25+;21-,24+,25-/m00/s1. The van der Waals surface area contributed by atoms with Gasteiger partial charge in [-0.1, -0.05) is 190 Å². The normalized spacial score (nSPS) is 21.8. The summed E-state index contributed by atoms with van der Waals surface area (Å²) in [6.45, 7) is 21.9. The van der Waals surface area contributed by atoms with Gasteiger partial charge in [-0.15, -0.1) is 0 Å². The largest absolute Gasteiger partial charge is 0.436 e. The summed E-state index contributed by atoms with van der Waals surface area (Å²) in [6.07, 6.45) is 4.58. The fourth-order valence-electron chi connectivity index (χ4n) is 9.68. The molecule has 0 radical (unpaired) electrons. The fraction of sp³-hybridized carbons (Fsp3) is 0.500. The molecule has 0 N–H and O–H groups in total.